The number of halogens is 1. The lowest BCUT2D eigenvalue weighted by atomic mass is 9.95. The topological polar surface area (TPSA) is 29.9 Å². The maximum atomic E-state index is 6.36. The molecule has 3 nitrogen and oxygen atoms in total. The van der Waals surface area contributed by atoms with Crippen LogP contribution < -0.4 is 5.32 Å². The van der Waals surface area contributed by atoms with Crippen molar-refractivity contribution in [2.24, 2.45) is 0 Å². The highest BCUT2D eigenvalue weighted by Crippen LogP contribution is 2.23. The maximum Gasteiger partial charge on any atom is 0.0762 e. The average Bonchev–Trinajstić information content (AvgIpc) is 2.88. The van der Waals surface area contributed by atoms with E-state index in [2.05, 4.69) is 41.2 Å². The van der Waals surface area contributed by atoms with Crippen molar-refractivity contribution >= 4 is 11.6 Å². The molecule has 4 heteroatoms. The summed E-state index contributed by atoms with van der Waals surface area (Å²) in [4.78, 5) is 0. The molecule has 108 valence electrons. The van der Waals surface area contributed by atoms with Gasteiger partial charge in [-0.25, -0.2) is 0 Å². The van der Waals surface area contributed by atoms with Crippen molar-refractivity contribution < 1.29 is 0 Å². The van der Waals surface area contributed by atoms with Gasteiger partial charge in [0.2, 0.25) is 0 Å². The van der Waals surface area contributed by atoms with Crippen molar-refractivity contribution in [1.82, 2.24) is 15.1 Å². The molecule has 1 N–H and O–H groups in total. The monoisotopic (exact) mass is 283 g/mol. The molecule has 2 rings (SSSR count). The van der Waals surface area contributed by atoms with Gasteiger partial charge in [-0.2, -0.15) is 5.10 Å². The van der Waals surface area contributed by atoms with Crippen molar-refractivity contribution in [2.75, 3.05) is 0 Å². The van der Waals surface area contributed by atoms with Crippen LogP contribution in [0.15, 0.2) is 12.3 Å². The van der Waals surface area contributed by atoms with E-state index in [1.807, 2.05) is 0 Å². The van der Waals surface area contributed by atoms with E-state index in [0.29, 0.717) is 12.1 Å². The summed E-state index contributed by atoms with van der Waals surface area (Å²) in [6.07, 6.45) is 9.28. The first kappa shape index (κ1) is 14.9. The molecular formula is C15H26ClN3. The number of rotatable bonds is 6. The van der Waals surface area contributed by atoms with Crippen LogP contribution in [-0.4, -0.2) is 21.2 Å². The summed E-state index contributed by atoms with van der Waals surface area (Å²) in [7, 11) is 0. The van der Waals surface area contributed by atoms with Gasteiger partial charge in [-0.1, -0.05) is 26.7 Å². The molecule has 0 aliphatic heterocycles. The molecule has 1 saturated carbocycles. The van der Waals surface area contributed by atoms with Crippen molar-refractivity contribution in [3.8, 4) is 0 Å². The molecule has 0 aromatic carbocycles. The first-order chi connectivity index (χ1) is 9.24. The van der Waals surface area contributed by atoms with Gasteiger partial charge in [-0.15, -0.1) is 11.6 Å². The van der Waals surface area contributed by atoms with Gasteiger partial charge in [0.1, 0.15) is 0 Å². The van der Waals surface area contributed by atoms with Crippen molar-refractivity contribution in [3.05, 3.63) is 18.0 Å². The smallest absolute Gasteiger partial charge is 0.0762 e. The highest BCUT2D eigenvalue weighted by molar-refractivity contribution is 6.21. The number of aromatic nitrogens is 2. The molecule has 0 saturated heterocycles. The Balaban J connectivity index is 1.86. The number of nitrogens with zero attached hydrogens (tertiary/aromatic N) is 2. The van der Waals surface area contributed by atoms with E-state index < -0.39 is 0 Å². The van der Waals surface area contributed by atoms with E-state index in [9.17, 15) is 0 Å². The molecule has 1 fully saturated rings. The van der Waals surface area contributed by atoms with E-state index in [-0.39, 0.29) is 5.38 Å². The minimum Gasteiger partial charge on any atom is -0.307 e. The molecule has 2 atom stereocenters. The third-order valence-corrected chi connectivity index (χ3v) is 4.73. The fourth-order valence-electron chi connectivity index (χ4n) is 2.89. The number of hydrogen-bond acceptors (Lipinski definition) is 2. The lowest BCUT2D eigenvalue weighted by molar-refractivity contribution is 0.373. The van der Waals surface area contributed by atoms with Crippen LogP contribution in [0.25, 0.3) is 0 Å². The van der Waals surface area contributed by atoms with Crippen LogP contribution in [-0.2, 0) is 6.54 Å². The molecule has 1 aliphatic carbocycles. The molecule has 1 aliphatic rings. The van der Waals surface area contributed by atoms with Gasteiger partial charge in [-0.05, 0) is 31.7 Å². The first-order valence-electron chi connectivity index (χ1n) is 7.66. The molecule has 19 heavy (non-hydrogen) atoms. The second-order valence-corrected chi connectivity index (χ2v) is 6.11. The first-order valence-corrected chi connectivity index (χ1v) is 8.09. The predicted molar refractivity (Wildman–Crippen MR) is 80.6 cm³/mol. The quantitative estimate of drug-likeness (QED) is 0.803. The van der Waals surface area contributed by atoms with Gasteiger partial charge >= 0.3 is 0 Å². The number of alkyl halides is 1. The molecule has 0 amide bonds. The fraction of sp³-hybridized carbons (Fsp3) is 0.800. The van der Waals surface area contributed by atoms with Crippen molar-refractivity contribution in [3.63, 3.8) is 0 Å². The standard InChI is InChI=1S/C15H26ClN3/c1-3-13(4-2)19-10-9-12(18-19)11-17-15-8-6-5-7-14(15)16/h9-10,13-15,17H,3-8,11H2,1-2H3. The minimum absolute atomic E-state index is 0.287. The van der Waals surface area contributed by atoms with Crippen LogP contribution in [0.1, 0.15) is 64.1 Å². The Morgan fingerprint density at radius 2 is 2.11 bits per heavy atom. The molecule has 1 heterocycles. The Labute approximate surface area is 121 Å². The number of hydrogen-bond donors (Lipinski definition) is 1. The Kier molecular flexibility index (Phi) is 5.71. The SMILES string of the molecule is CCC(CC)n1ccc(CNC2CCCCC2Cl)n1. The molecule has 0 bridgehead atoms. The zero-order chi connectivity index (χ0) is 13.7. The summed E-state index contributed by atoms with van der Waals surface area (Å²) < 4.78 is 2.11. The third kappa shape index (κ3) is 3.96. The largest absolute Gasteiger partial charge is 0.307 e. The normalized spacial score (nSPS) is 24.0. The summed E-state index contributed by atoms with van der Waals surface area (Å²) in [5.74, 6) is 0. The lowest BCUT2D eigenvalue weighted by Crippen LogP contribution is -2.38. The summed E-state index contributed by atoms with van der Waals surface area (Å²) >= 11 is 6.36. The summed E-state index contributed by atoms with van der Waals surface area (Å²) in [5, 5.41) is 8.53. The van der Waals surface area contributed by atoms with E-state index in [1.54, 1.807) is 0 Å². The van der Waals surface area contributed by atoms with Crippen LogP contribution in [0.5, 0.6) is 0 Å². The predicted octanol–water partition coefficient (Wildman–Crippen LogP) is 3.88. The summed E-state index contributed by atoms with van der Waals surface area (Å²) in [5.41, 5.74) is 1.13. The molecule has 1 aromatic heterocycles. The Morgan fingerprint density at radius 1 is 1.37 bits per heavy atom. The molecule has 2 unspecified atom stereocenters. The van der Waals surface area contributed by atoms with E-state index in [0.717, 1.165) is 31.5 Å². The van der Waals surface area contributed by atoms with Crippen LogP contribution >= 0.6 is 11.6 Å². The van der Waals surface area contributed by atoms with Crippen LogP contribution in [0.3, 0.4) is 0 Å². The molecular weight excluding hydrogens is 258 g/mol. The van der Waals surface area contributed by atoms with Gasteiger partial charge in [-0.3, -0.25) is 4.68 Å². The van der Waals surface area contributed by atoms with Crippen molar-refractivity contribution in [2.45, 2.75) is 76.4 Å². The maximum absolute atomic E-state index is 6.36. The lowest BCUT2D eigenvalue weighted by Gasteiger charge is -2.27. The highest BCUT2D eigenvalue weighted by atomic mass is 35.5. The molecule has 1 aromatic rings. The summed E-state index contributed by atoms with van der Waals surface area (Å²) in [6, 6.07) is 3.11. The van der Waals surface area contributed by atoms with E-state index in [1.165, 1.54) is 19.3 Å². The average molecular weight is 284 g/mol. The molecule has 0 spiro atoms. The van der Waals surface area contributed by atoms with Gasteiger partial charge in [0.15, 0.2) is 0 Å². The Morgan fingerprint density at radius 3 is 2.79 bits per heavy atom. The number of nitrogens with one attached hydrogen (secondary N) is 1. The minimum atomic E-state index is 0.287. The second kappa shape index (κ2) is 7.30. The van der Waals surface area contributed by atoms with Gasteiger partial charge in [0.25, 0.3) is 0 Å². The van der Waals surface area contributed by atoms with E-state index >= 15 is 0 Å². The fourth-order valence-corrected chi connectivity index (χ4v) is 3.26. The van der Waals surface area contributed by atoms with Crippen LogP contribution in [0, 0.1) is 0 Å². The van der Waals surface area contributed by atoms with Gasteiger partial charge in [0, 0.05) is 24.2 Å². The van der Waals surface area contributed by atoms with Crippen molar-refractivity contribution in [1.29, 1.82) is 0 Å². The Hall–Kier alpha value is -0.540. The van der Waals surface area contributed by atoms with Crippen LogP contribution in [0.4, 0.5) is 0 Å². The van der Waals surface area contributed by atoms with Crippen LogP contribution in [0.2, 0.25) is 0 Å². The zero-order valence-electron chi connectivity index (χ0n) is 12.1. The zero-order valence-corrected chi connectivity index (χ0v) is 12.9. The third-order valence-electron chi connectivity index (χ3n) is 4.21. The summed E-state index contributed by atoms with van der Waals surface area (Å²) in [6.45, 7) is 5.27. The van der Waals surface area contributed by atoms with Gasteiger partial charge < -0.3 is 5.32 Å². The Bertz CT molecular complexity index is 373. The highest BCUT2D eigenvalue weighted by Gasteiger charge is 2.22. The second-order valence-electron chi connectivity index (χ2n) is 5.55. The van der Waals surface area contributed by atoms with Gasteiger partial charge in [0.05, 0.1) is 11.7 Å². The van der Waals surface area contributed by atoms with E-state index in [4.69, 9.17) is 11.6 Å². The molecule has 0 radical (unpaired) electrons.